The normalized spacial score (nSPS) is 10.8. The molecule has 0 aromatic heterocycles. The van der Waals surface area contributed by atoms with E-state index in [2.05, 4.69) is 18.4 Å². The highest BCUT2D eigenvalue weighted by molar-refractivity contribution is 7.81. The lowest BCUT2D eigenvalue weighted by atomic mass is 11.5. The molecule has 0 aromatic carbocycles. The largest absolute Gasteiger partial charge is 0.539 e. The topological polar surface area (TPSA) is 220 Å². The fourth-order valence-electron chi connectivity index (χ4n) is 0.144. The van der Waals surface area contributed by atoms with Gasteiger partial charge in [-0.25, -0.2) is 19.4 Å². The third-order valence-electron chi connectivity index (χ3n) is 0.383. The van der Waals surface area contributed by atoms with Crippen LogP contribution >= 0.6 is 0 Å². The van der Waals surface area contributed by atoms with Crippen molar-refractivity contribution in [2.45, 2.75) is 0 Å². The molecule has 0 fully saturated rings. The summed E-state index contributed by atoms with van der Waals surface area (Å²) in [7, 11) is -9.64. The minimum absolute atomic E-state index is 1.97. The molecule has 16 heteroatoms. The van der Waals surface area contributed by atoms with Crippen LogP contribution in [-0.4, -0.2) is 48.5 Å². The van der Waals surface area contributed by atoms with E-state index in [4.69, 9.17) is 19.3 Å². The summed E-state index contributed by atoms with van der Waals surface area (Å²) in [4.78, 5) is 24.6. The third-order valence-corrected chi connectivity index (χ3v) is 0.863. The molecule has 0 saturated carbocycles. The van der Waals surface area contributed by atoms with Gasteiger partial charge in [-0.2, -0.15) is 16.8 Å². The van der Waals surface area contributed by atoms with Gasteiger partial charge in [-0.05, 0) is 8.67 Å². The maximum atomic E-state index is 9.48. The molecule has 4 N–H and O–H groups in total. The zero-order valence-electron chi connectivity index (χ0n) is 7.69. The van der Waals surface area contributed by atoms with Crippen molar-refractivity contribution in [3.05, 3.63) is 0 Å². The molecule has 108 valence electrons. The SMILES string of the molecule is O=C(O)OOS(=O)(=O)O.O=C(O)OOS(=O)(=O)O. The van der Waals surface area contributed by atoms with E-state index in [-0.39, 0.29) is 0 Å². The van der Waals surface area contributed by atoms with Gasteiger partial charge in [0.15, 0.2) is 0 Å². The van der Waals surface area contributed by atoms with Crippen molar-refractivity contribution in [3.63, 3.8) is 0 Å². The van der Waals surface area contributed by atoms with E-state index in [0.29, 0.717) is 0 Å². The summed E-state index contributed by atoms with van der Waals surface area (Å²) in [5.41, 5.74) is 0. The Bertz CT molecular complexity index is 420. The van der Waals surface area contributed by atoms with Gasteiger partial charge in [-0.3, -0.25) is 9.11 Å². The molecule has 0 rings (SSSR count). The van der Waals surface area contributed by atoms with Gasteiger partial charge in [0.1, 0.15) is 0 Å². The van der Waals surface area contributed by atoms with Gasteiger partial charge < -0.3 is 10.2 Å². The molecule has 0 amide bonds. The van der Waals surface area contributed by atoms with Crippen LogP contribution in [0, 0.1) is 0 Å². The van der Waals surface area contributed by atoms with Gasteiger partial charge in [-0.15, -0.1) is 0 Å². The Balaban J connectivity index is 0. The third kappa shape index (κ3) is 23.8. The van der Waals surface area contributed by atoms with Crippen molar-refractivity contribution < 1.29 is 64.2 Å². The molecule has 0 bridgehead atoms. The first-order valence-corrected chi connectivity index (χ1v) is 5.69. The van der Waals surface area contributed by atoms with E-state index < -0.39 is 33.1 Å². The predicted octanol–water partition coefficient (Wildman–Crippen LogP) is -1.17. The van der Waals surface area contributed by atoms with Crippen LogP contribution in [0.25, 0.3) is 0 Å². The Morgan fingerprint density at radius 1 is 0.722 bits per heavy atom. The lowest BCUT2D eigenvalue weighted by Gasteiger charge is -1.91. The molecule has 0 aliphatic rings. The minimum Gasteiger partial charge on any atom is -0.448 e. The van der Waals surface area contributed by atoms with E-state index in [1.165, 1.54) is 0 Å². The fraction of sp³-hybridized carbons (Fsp3) is 0. The van der Waals surface area contributed by atoms with Crippen LogP contribution in [-0.2, 0) is 39.2 Å². The van der Waals surface area contributed by atoms with Crippen LogP contribution in [0.15, 0.2) is 0 Å². The van der Waals surface area contributed by atoms with E-state index in [9.17, 15) is 26.4 Å². The molecule has 0 radical (unpaired) electrons. The Morgan fingerprint density at radius 2 is 0.944 bits per heavy atom. The van der Waals surface area contributed by atoms with Crippen LogP contribution in [0.4, 0.5) is 9.59 Å². The average Bonchev–Trinajstić information content (AvgIpc) is 2.10. The molecule has 18 heavy (non-hydrogen) atoms. The second-order valence-electron chi connectivity index (χ2n) is 1.69. The van der Waals surface area contributed by atoms with Crippen LogP contribution in [0.1, 0.15) is 0 Å². The van der Waals surface area contributed by atoms with Crippen molar-refractivity contribution in [1.29, 1.82) is 0 Å². The van der Waals surface area contributed by atoms with E-state index >= 15 is 0 Å². The first-order chi connectivity index (χ1) is 7.83. The summed E-state index contributed by atoms with van der Waals surface area (Å²) in [6, 6.07) is 0. The number of rotatable bonds is 4. The Morgan fingerprint density at radius 3 is 1.00 bits per heavy atom. The zero-order chi connectivity index (χ0) is 15.0. The average molecular weight is 316 g/mol. The highest BCUT2D eigenvalue weighted by Gasteiger charge is 2.09. The quantitative estimate of drug-likeness (QED) is 0.272. The molecule has 0 aliphatic carbocycles. The Labute approximate surface area is 98.0 Å². The van der Waals surface area contributed by atoms with Crippen molar-refractivity contribution >= 4 is 33.1 Å². The molecule has 0 atom stereocenters. The van der Waals surface area contributed by atoms with Crippen LogP contribution < -0.4 is 0 Å². The first kappa shape index (κ1) is 18.6. The summed E-state index contributed by atoms with van der Waals surface area (Å²) >= 11 is 0. The second kappa shape index (κ2) is 7.58. The van der Waals surface area contributed by atoms with E-state index in [1.807, 2.05) is 0 Å². The second-order valence-corrected chi connectivity index (χ2v) is 3.67. The molecule has 0 aliphatic heterocycles. The number of carbonyl (C=O) groups is 2. The van der Waals surface area contributed by atoms with Crippen molar-refractivity contribution in [2.24, 2.45) is 0 Å². The number of carboxylic acid groups (broad SMARTS) is 2. The van der Waals surface area contributed by atoms with Gasteiger partial charge in [0.2, 0.25) is 0 Å². The molecule has 0 spiro atoms. The number of hydrogen-bond acceptors (Lipinski definition) is 10. The van der Waals surface area contributed by atoms with Crippen molar-refractivity contribution in [2.75, 3.05) is 0 Å². The zero-order valence-corrected chi connectivity index (χ0v) is 9.32. The molecular weight excluding hydrogens is 312 g/mol. The van der Waals surface area contributed by atoms with Gasteiger partial charge >= 0.3 is 33.1 Å². The maximum absolute atomic E-state index is 9.48. The summed E-state index contributed by atoms with van der Waals surface area (Å²) in [5, 5.41) is 15.1. The van der Waals surface area contributed by atoms with Gasteiger partial charge in [0.05, 0.1) is 0 Å². The standard InChI is InChI=1S/2CH2O7S/c2*2-1(3)7-8-9(4,5)6/h2*(H,2,3)(H,4,5,6). The lowest BCUT2D eigenvalue weighted by molar-refractivity contribution is -0.162. The summed E-state index contributed by atoms with van der Waals surface area (Å²) < 4.78 is 59.0. The van der Waals surface area contributed by atoms with Crippen LogP contribution in [0.2, 0.25) is 0 Å². The molecule has 14 nitrogen and oxygen atoms in total. The maximum Gasteiger partial charge on any atom is 0.539 e. The smallest absolute Gasteiger partial charge is 0.448 e. The van der Waals surface area contributed by atoms with E-state index in [0.717, 1.165) is 0 Å². The molecule has 0 heterocycles. The minimum atomic E-state index is -4.82. The summed E-state index contributed by atoms with van der Waals surface area (Å²) in [6.45, 7) is 0. The molecule has 0 aromatic rings. The van der Waals surface area contributed by atoms with Crippen molar-refractivity contribution in [3.8, 4) is 0 Å². The molecule has 0 saturated heterocycles. The highest BCUT2D eigenvalue weighted by atomic mass is 32.3. The Kier molecular flexibility index (Phi) is 7.85. The molecular formula is C2H4O14S2. The van der Waals surface area contributed by atoms with Gasteiger partial charge in [0, 0.05) is 0 Å². The van der Waals surface area contributed by atoms with Gasteiger partial charge in [0.25, 0.3) is 0 Å². The number of hydrogen-bond donors (Lipinski definition) is 4. The lowest BCUT2D eigenvalue weighted by Crippen LogP contribution is -2.08. The first-order valence-electron chi connectivity index (χ1n) is 2.96. The molecule has 0 unspecified atom stereocenters. The van der Waals surface area contributed by atoms with Crippen LogP contribution in [0.5, 0.6) is 0 Å². The van der Waals surface area contributed by atoms with E-state index in [1.54, 1.807) is 0 Å². The Hall–Kier alpha value is -1.72. The highest BCUT2D eigenvalue weighted by Crippen LogP contribution is 1.87. The monoisotopic (exact) mass is 316 g/mol. The summed E-state index contributed by atoms with van der Waals surface area (Å²) in [5.74, 6) is 0. The predicted molar refractivity (Wildman–Crippen MR) is 43.5 cm³/mol. The van der Waals surface area contributed by atoms with Crippen LogP contribution in [0.3, 0.4) is 0 Å². The summed E-state index contributed by atoms with van der Waals surface area (Å²) in [6.07, 6.45) is -3.93. The fourth-order valence-corrected chi connectivity index (χ4v) is 0.433. The van der Waals surface area contributed by atoms with Crippen molar-refractivity contribution in [1.82, 2.24) is 0 Å². The van der Waals surface area contributed by atoms with Gasteiger partial charge in [-0.1, -0.05) is 0 Å².